The van der Waals surface area contributed by atoms with Crippen LogP contribution in [0.5, 0.6) is 0 Å². The Hall–Kier alpha value is -3.41. The van der Waals surface area contributed by atoms with Crippen molar-refractivity contribution in [2.24, 2.45) is 0 Å². The molecule has 0 aliphatic heterocycles. The van der Waals surface area contributed by atoms with E-state index in [0.717, 1.165) is 109 Å². The Kier molecular flexibility index (Phi) is 64.2. The van der Waals surface area contributed by atoms with E-state index < -0.39 is 6.10 Å². The third kappa shape index (κ3) is 65.3. The maximum absolute atomic E-state index is 12.9. The van der Waals surface area contributed by atoms with Crippen LogP contribution < -0.4 is 0 Å². The van der Waals surface area contributed by atoms with Gasteiger partial charge >= 0.3 is 17.9 Å². The van der Waals surface area contributed by atoms with Crippen molar-refractivity contribution in [3.63, 3.8) is 0 Å². The molecule has 1 unspecified atom stereocenters. The summed E-state index contributed by atoms with van der Waals surface area (Å²) in [6.45, 7) is 6.53. The minimum absolute atomic E-state index is 0.0832. The van der Waals surface area contributed by atoms with Crippen LogP contribution in [0.4, 0.5) is 0 Å². The molecule has 1 atom stereocenters. The molecule has 0 aromatic heterocycles. The van der Waals surface area contributed by atoms with E-state index in [0.29, 0.717) is 19.3 Å². The summed E-state index contributed by atoms with van der Waals surface area (Å²) in [4.78, 5) is 38.4. The Labute approximate surface area is 490 Å². The second-order valence-corrected chi connectivity index (χ2v) is 22.7. The van der Waals surface area contributed by atoms with Crippen LogP contribution in [-0.4, -0.2) is 37.2 Å². The molecule has 0 N–H and O–H groups in total. The SMILES string of the molecule is CC/C=C\C/C=C\C/C=C\C/C=C\CCCCCCCCC(=O)OC(COC(=O)CCCCCCC/C=C\CCCCCCCC)COC(=O)CCCCCCCCCCCCCCCCC/C=C\C/C=C\CCCCCCC. The summed E-state index contributed by atoms with van der Waals surface area (Å²) in [5, 5.41) is 0. The van der Waals surface area contributed by atoms with Crippen molar-refractivity contribution in [2.75, 3.05) is 13.2 Å². The molecular weight excluding hydrogens is 973 g/mol. The molecule has 79 heavy (non-hydrogen) atoms. The summed E-state index contributed by atoms with van der Waals surface area (Å²) < 4.78 is 17.0. The van der Waals surface area contributed by atoms with Gasteiger partial charge in [0, 0.05) is 19.3 Å². The van der Waals surface area contributed by atoms with Crippen LogP contribution in [0.15, 0.2) is 85.1 Å². The summed E-state index contributed by atoms with van der Waals surface area (Å²) >= 11 is 0. The fourth-order valence-corrected chi connectivity index (χ4v) is 9.76. The molecule has 0 aromatic carbocycles. The molecule has 0 aliphatic rings. The van der Waals surface area contributed by atoms with E-state index in [-0.39, 0.29) is 31.1 Å². The molecule has 6 nitrogen and oxygen atoms in total. The minimum Gasteiger partial charge on any atom is -0.462 e. The Bertz CT molecular complexity index is 1500. The van der Waals surface area contributed by atoms with Crippen LogP contribution in [0.3, 0.4) is 0 Å². The summed E-state index contributed by atoms with van der Waals surface area (Å²) in [7, 11) is 0. The molecule has 0 amide bonds. The smallest absolute Gasteiger partial charge is 0.306 e. The quantitative estimate of drug-likeness (QED) is 0.0261. The fraction of sp³-hybridized carbons (Fsp3) is 0.767. The second kappa shape index (κ2) is 67.1. The van der Waals surface area contributed by atoms with Crippen molar-refractivity contribution < 1.29 is 28.6 Å². The van der Waals surface area contributed by atoms with Crippen molar-refractivity contribution in [1.82, 2.24) is 0 Å². The molecule has 0 heterocycles. The molecular formula is C73H128O6. The standard InChI is InChI=1S/C73H128O6/c1-4-7-10-13-16-19-22-25-28-30-32-33-34-35-36-37-38-39-41-42-45-48-51-54-57-60-63-66-72(75)78-69-70(68-77-71(74)65-62-59-56-53-50-47-44-27-24-21-18-15-12-9-6-3)79-73(76)67-64-61-58-55-52-49-46-43-40-31-29-26-23-20-17-14-11-8-5-2/h8,11,17,20,22,25-27,29-30,32,40,43-44,70H,4-7,9-10,12-16,18-19,21,23-24,28,31,33-39,41-42,45-69H2,1-3H3/b11-8-,20-17-,25-22-,29-26-,32-30-,43-40-,44-27-. The lowest BCUT2D eigenvalue weighted by Gasteiger charge is -2.18. The lowest BCUT2D eigenvalue weighted by molar-refractivity contribution is -0.167. The number of hydrogen-bond acceptors (Lipinski definition) is 6. The van der Waals surface area contributed by atoms with Gasteiger partial charge < -0.3 is 14.2 Å². The van der Waals surface area contributed by atoms with Gasteiger partial charge in [-0.05, 0) is 116 Å². The first-order valence-corrected chi connectivity index (χ1v) is 34.1. The highest BCUT2D eigenvalue weighted by molar-refractivity contribution is 5.71. The largest absolute Gasteiger partial charge is 0.462 e. The Balaban J connectivity index is 4.31. The third-order valence-electron chi connectivity index (χ3n) is 14.9. The molecule has 0 rings (SSSR count). The van der Waals surface area contributed by atoms with Gasteiger partial charge in [-0.3, -0.25) is 14.4 Å². The van der Waals surface area contributed by atoms with Gasteiger partial charge in [-0.1, -0.05) is 292 Å². The molecule has 0 saturated heterocycles. The van der Waals surface area contributed by atoms with Gasteiger partial charge in [-0.15, -0.1) is 0 Å². The van der Waals surface area contributed by atoms with Gasteiger partial charge in [0.25, 0.3) is 0 Å². The molecule has 0 radical (unpaired) electrons. The van der Waals surface area contributed by atoms with E-state index in [1.54, 1.807) is 0 Å². The average molecular weight is 1100 g/mol. The van der Waals surface area contributed by atoms with Gasteiger partial charge in [-0.25, -0.2) is 0 Å². The summed E-state index contributed by atoms with van der Waals surface area (Å²) in [6.07, 6.45) is 88.8. The topological polar surface area (TPSA) is 78.9 Å². The first-order chi connectivity index (χ1) is 39.0. The molecule has 0 aromatic rings. The first kappa shape index (κ1) is 75.6. The number of allylic oxidation sites excluding steroid dienone is 14. The average Bonchev–Trinajstić information content (AvgIpc) is 3.45. The highest BCUT2D eigenvalue weighted by Gasteiger charge is 2.19. The predicted molar refractivity (Wildman–Crippen MR) is 344 cm³/mol. The molecule has 0 fully saturated rings. The van der Waals surface area contributed by atoms with Crippen molar-refractivity contribution >= 4 is 17.9 Å². The van der Waals surface area contributed by atoms with Crippen LogP contribution in [-0.2, 0) is 28.6 Å². The fourth-order valence-electron chi connectivity index (χ4n) is 9.76. The van der Waals surface area contributed by atoms with E-state index in [1.165, 1.54) is 193 Å². The Morgan fingerprint density at radius 3 is 0.785 bits per heavy atom. The van der Waals surface area contributed by atoms with Crippen LogP contribution in [0.2, 0.25) is 0 Å². The van der Waals surface area contributed by atoms with Crippen molar-refractivity contribution in [2.45, 2.75) is 348 Å². The normalized spacial score (nSPS) is 12.6. The van der Waals surface area contributed by atoms with Crippen LogP contribution in [0.1, 0.15) is 342 Å². The molecule has 0 spiro atoms. The zero-order valence-electron chi connectivity index (χ0n) is 52.4. The van der Waals surface area contributed by atoms with Crippen molar-refractivity contribution in [1.29, 1.82) is 0 Å². The van der Waals surface area contributed by atoms with E-state index in [2.05, 4.69) is 106 Å². The maximum atomic E-state index is 12.9. The van der Waals surface area contributed by atoms with E-state index in [9.17, 15) is 14.4 Å². The zero-order chi connectivity index (χ0) is 57.1. The van der Waals surface area contributed by atoms with E-state index >= 15 is 0 Å². The Morgan fingerprint density at radius 2 is 0.494 bits per heavy atom. The number of unbranched alkanes of at least 4 members (excludes halogenated alkanes) is 37. The lowest BCUT2D eigenvalue weighted by atomic mass is 10.0. The minimum atomic E-state index is -0.789. The third-order valence-corrected chi connectivity index (χ3v) is 14.9. The second-order valence-electron chi connectivity index (χ2n) is 22.7. The van der Waals surface area contributed by atoms with Gasteiger partial charge in [0.05, 0.1) is 0 Å². The maximum Gasteiger partial charge on any atom is 0.306 e. The first-order valence-electron chi connectivity index (χ1n) is 34.1. The monoisotopic (exact) mass is 1100 g/mol. The van der Waals surface area contributed by atoms with Crippen LogP contribution >= 0.6 is 0 Å². The predicted octanol–water partition coefficient (Wildman–Crippen LogP) is 23.4. The van der Waals surface area contributed by atoms with Gasteiger partial charge in [0.1, 0.15) is 13.2 Å². The summed E-state index contributed by atoms with van der Waals surface area (Å²) in [6, 6.07) is 0. The number of hydrogen-bond donors (Lipinski definition) is 0. The molecule has 456 valence electrons. The Morgan fingerprint density at radius 1 is 0.266 bits per heavy atom. The van der Waals surface area contributed by atoms with Crippen LogP contribution in [0, 0.1) is 0 Å². The molecule has 6 heteroatoms. The van der Waals surface area contributed by atoms with Crippen molar-refractivity contribution in [3.05, 3.63) is 85.1 Å². The molecule has 0 aliphatic carbocycles. The van der Waals surface area contributed by atoms with Gasteiger partial charge in [0.15, 0.2) is 6.10 Å². The number of ether oxygens (including phenoxy) is 3. The number of carbonyl (C=O) groups is 3. The number of esters is 3. The zero-order valence-corrected chi connectivity index (χ0v) is 52.4. The summed E-state index contributed by atoms with van der Waals surface area (Å²) in [5.74, 6) is -0.891. The van der Waals surface area contributed by atoms with Gasteiger partial charge in [0.2, 0.25) is 0 Å². The lowest BCUT2D eigenvalue weighted by Crippen LogP contribution is -2.30. The van der Waals surface area contributed by atoms with E-state index in [1.807, 2.05) is 0 Å². The summed E-state index contributed by atoms with van der Waals surface area (Å²) in [5.41, 5.74) is 0. The van der Waals surface area contributed by atoms with Crippen molar-refractivity contribution in [3.8, 4) is 0 Å². The highest BCUT2D eigenvalue weighted by atomic mass is 16.6. The highest BCUT2D eigenvalue weighted by Crippen LogP contribution is 2.17. The van der Waals surface area contributed by atoms with Crippen LogP contribution in [0.25, 0.3) is 0 Å². The van der Waals surface area contributed by atoms with Gasteiger partial charge in [-0.2, -0.15) is 0 Å². The molecule has 0 bridgehead atoms. The number of carbonyl (C=O) groups excluding carboxylic acids is 3. The molecule has 0 saturated carbocycles. The number of rotatable bonds is 62. The van der Waals surface area contributed by atoms with E-state index in [4.69, 9.17) is 14.2 Å².